The molecule has 20 heavy (non-hydrogen) atoms. The topological polar surface area (TPSA) is 30.5 Å². The number of hydrogen-bond donors (Lipinski definition) is 1. The van der Waals surface area contributed by atoms with E-state index in [2.05, 4.69) is 36.6 Å². The third kappa shape index (κ3) is 2.99. The van der Waals surface area contributed by atoms with Crippen LogP contribution in [0, 0.1) is 5.92 Å². The molecular weight excluding hydrogens is 250 g/mol. The van der Waals surface area contributed by atoms with Gasteiger partial charge in [-0.1, -0.05) is 18.2 Å². The van der Waals surface area contributed by atoms with Crippen LogP contribution in [-0.4, -0.2) is 32.9 Å². The monoisotopic (exact) mass is 275 g/mol. The Morgan fingerprint density at radius 2 is 1.95 bits per heavy atom. The molecule has 2 atom stereocenters. The Labute approximate surface area is 121 Å². The van der Waals surface area contributed by atoms with E-state index < -0.39 is 0 Å². The molecule has 0 spiro atoms. The van der Waals surface area contributed by atoms with Crippen molar-refractivity contribution in [2.45, 2.75) is 37.6 Å². The highest BCUT2D eigenvalue weighted by molar-refractivity contribution is 5.38. The highest BCUT2D eigenvalue weighted by Gasteiger charge is 2.30. The van der Waals surface area contributed by atoms with Crippen molar-refractivity contribution < 1.29 is 9.47 Å². The summed E-state index contributed by atoms with van der Waals surface area (Å²) >= 11 is 0. The zero-order valence-electron chi connectivity index (χ0n) is 12.3. The largest absolute Gasteiger partial charge is 0.493 e. The predicted molar refractivity (Wildman–Crippen MR) is 80.3 cm³/mol. The van der Waals surface area contributed by atoms with E-state index in [0.29, 0.717) is 12.0 Å². The van der Waals surface area contributed by atoms with E-state index in [4.69, 9.17) is 9.47 Å². The number of hydrogen-bond acceptors (Lipinski definition) is 3. The van der Waals surface area contributed by atoms with Crippen LogP contribution >= 0.6 is 0 Å². The van der Waals surface area contributed by atoms with Crippen LogP contribution in [0.3, 0.4) is 0 Å². The normalized spacial score (nSPS) is 24.8. The summed E-state index contributed by atoms with van der Waals surface area (Å²) in [7, 11) is 2.10. The molecule has 3 rings (SSSR count). The van der Waals surface area contributed by atoms with Crippen LogP contribution in [0.4, 0.5) is 0 Å². The summed E-state index contributed by atoms with van der Waals surface area (Å²) in [5.74, 6) is 2.46. The number of benzene rings is 1. The molecule has 1 aromatic carbocycles. The van der Waals surface area contributed by atoms with Crippen LogP contribution in [0.2, 0.25) is 0 Å². The summed E-state index contributed by atoms with van der Waals surface area (Å²) < 4.78 is 11.3. The standard InChI is InChI=1S/C17H25NO2/c1-18-16(12-13-6-9-19-10-7-13)14-8-11-20-17-5-3-2-4-15(14)17/h2-5,13-14,16,18H,6-12H2,1H3. The third-order valence-corrected chi connectivity index (χ3v) is 4.79. The minimum atomic E-state index is 0.545. The first-order valence-electron chi connectivity index (χ1n) is 7.85. The second-order valence-electron chi connectivity index (χ2n) is 5.97. The van der Waals surface area contributed by atoms with Gasteiger partial charge in [0, 0.05) is 25.2 Å². The Hall–Kier alpha value is -1.06. The molecule has 3 heteroatoms. The fraction of sp³-hybridized carbons (Fsp3) is 0.647. The van der Waals surface area contributed by atoms with Crippen molar-refractivity contribution in [3.8, 4) is 5.75 Å². The van der Waals surface area contributed by atoms with Gasteiger partial charge in [0.1, 0.15) is 5.75 Å². The summed E-state index contributed by atoms with van der Waals surface area (Å²) in [5, 5.41) is 3.56. The fourth-order valence-electron chi connectivity index (χ4n) is 3.61. The maximum Gasteiger partial charge on any atom is 0.122 e. The van der Waals surface area contributed by atoms with Gasteiger partial charge in [0.05, 0.1) is 6.61 Å². The number of likely N-dealkylation sites (N-methyl/N-ethyl adjacent to an activating group) is 1. The van der Waals surface area contributed by atoms with Crippen LogP contribution in [0.25, 0.3) is 0 Å². The quantitative estimate of drug-likeness (QED) is 0.916. The summed E-state index contributed by atoms with van der Waals surface area (Å²) in [6.07, 6.45) is 4.79. The maximum atomic E-state index is 5.79. The lowest BCUT2D eigenvalue weighted by Gasteiger charge is -2.35. The van der Waals surface area contributed by atoms with E-state index in [-0.39, 0.29) is 0 Å². The molecule has 110 valence electrons. The smallest absolute Gasteiger partial charge is 0.122 e. The first kappa shape index (κ1) is 13.9. The molecule has 1 saturated heterocycles. The Morgan fingerprint density at radius 3 is 2.75 bits per heavy atom. The van der Waals surface area contributed by atoms with Gasteiger partial charge in [0.2, 0.25) is 0 Å². The number of rotatable bonds is 4. The molecule has 1 fully saturated rings. The molecular formula is C17H25NO2. The summed E-state index contributed by atoms with van der Waals surface area (Å²) in [6, 6.07) is 9.06. The van der Waals surface area contributed by atoms with Gasteiger partial charge in [-0.15, -0.1) is 0 Å². The van der Waals surface area contributed by atoms with Gasteiger partial charge in [0.25, 0.3) is 0 Å². The van der Waals surface area contributed by atoms with E-state index in [0.717, 1.165) is 37.9 Å². The first-order chi connectivity index (χ1) is 9.88. The van der Waals surface area contributed by atoms with Gasteiger partial charge in [-0.25, -0.2) is 0 Å². The highest BCUT2D eigenvalue weighted by atomic mass is 16.5. The fourth-order valence-corrected chi connectivity index (χ4v) is 3.61. The van der Waals surface area contributed by atoms with Crippen molar-refractivity contribution >= 4 is 0 Å². The Kier molecular flexibility index (Phi) is 4.58. The maximum absolute atomic E-state index is 5.79. The third-order valence-electron chi connectivity index (χ3n) is 4.79. The lowest BCUT2D eigenvalue weighted by atomic mass is 9.80. The Balaban J connectivity index is 1.72. The zero-order chi connectivity index (χ0) is 13.8. The zero-order valence-corrected chi connectivity index (χ0v) is 12.3. The van der Waals surface area contributed by atoms with Crippen molar-refractivity contribution in [1.82, 2.24) is 5.32 Å². The number of para-hydroxylation sites is 1. The second-order valence-corrected chi connectivity index (χ2v) is 5.97. The predicted octanol–water partition coefficient (Wildman–Crippen LogP) is 2.96. The number of nitrogens with one attached hydrogen (secondary N) is 1. The van der Waals surface area contributed by atoms with E-state index in [9.17, 15) is 0 Å². The van der Waals surface area contributed by atoms with Crippen molar-refractivity contribution in [3.05, 3.63) is 29.8 Å². The molecule has 0 amide bonds. The van der Waals surface area contributed by atoms with Gasteiger partial charge in [-0.2, -0.15) is 0 Å². The van der Waals surface area contributed by atoms with Crippen LogP contribution < -0.4 is 10.1 Å². The molecule has 2 aliphatic heterocycles. The molecule has 2 aliphatic rings. The molecule has 0 aliphatic carbocycles. The summed E-state index contributed by atoms with van der Waals surface area (Å²) in [4.78, 5) is 0. The molecule has 0 saturated carbocycles. The number of fused-ring (bicyclic) bond motifs is 1. The van der Waals surface area contributed by atoms with Gasteiger partial charge >= 0.3 is 0 Å². The van der Waals surface area contributed by atoms with Gasteiger partial charge in [-0.3, -0.25) is 0 Å². The number of ether oxygens (including phenoxy) is 2. The molecule has 2 unspecified atom stereocenters. The average molecular weight is 275 g/mol. The minimum Gasteiger partial charge on any atom is -0.493 e. The van der Waals surface area contributed by atoms with Crippen LogP contribution in [-0.2, 0) is 4.74 Å². The van der Waals surface area contributed by atoms with E-state index in [1.807, 2.05) is 0 Å². The Morgan fingerprint density at radius 1 is 1.15 bits per heavy atom. The van der Waals surface area contributed by atoms with Gasteiger partial charge in [0.15, 0.2) is 0 Å². The van der Waals surface area contributed by atoms with Gasteiger partial charge in [-0.05, 0) is 50.3 Å². The molecule has 1 N–H and O–H groups in total. The molecule has 0 radical (unpaired) electrons. The molecule has 1 aromatic rings. The van der Waals surface area contributed by atoms with Crippen molar-refractivity contribution in [3.63, 3.8) is 0 Å². The summed E-state index contributed by atoms with van der Waals surface area (Å²) in [6.45, 7) is 2.71. The minimum absolute atomic E-state index is 0.545. The van der Waals surface area contributed by atoms with Crippen LogP contribution in [0.15, 0.2) is 24.3 Å². The van der Waals surface area contributed by atoms with Crippen molar-refractivity contribution in [2.24, 2.45) is 5.92 Å². The lowest BCUT2D eigenvalue weighted by molar-refractivity contribution is 0.0589. The molecule has 0 bridgehead atoms. The second kappa shape index (κ2) is 6.59. The SMILES string of the molecule is CNC(CC1CCOCC1)C1CCOc2ccccc21. The van der Waals surface area contributed by atoms with E-state index >= 15 is 0 Å². The first-order valence-corrected chi connectivity index (χ1v) is 7.85. The lowest BCUT2D eigenvalue weighted by Crippen LogP contribution is -2.37. The average Bonchev–Trinajstić information content (AvgIpc) is 2.53. The molecule has 2 heterocycles. The highest BCUT2D eigenvalue weighted by Crippen LogP contribution is 2.38. The van der Waals surface area contributed by atoms with Crippen molar-refractivity contribution in [1.29, 1.82) is 0 Å². The van der Waals surface area contributed by atoms with Crippen molar-refractivity contribution in [2.75, 3.05) is 26.9 Å². The van der Waals surface area contributed by atoms with Crippen LogP contribution in [0.1, 0.15) is 37.2 Å². The summed E-state index contributed by atoms with van der Waals surface area (Å²) in [5.41, 5.74) is 1.38. The van der Waals surface area contributed by atoms with E-state index in [1.54, 1.807) is 0 Å². The van der Waals surface area contributed by atoms with E-state index in [1.165, 1.54) is 24.8 Å². The van der Waals surface area contributed by atoms with Crippen LogP contribution in [0.5, 0.6) is 5.75 Å². The Bertz CT molecular complexity index is 429. The molecule has 0 aromatic heterocycles. The molecule has 3 nitrogen and oxygen atoms in total. The van der Waals surface area contributed by atoms with Gasteiger partial charge < -0.3 is 14.8 Å².